The first-order chi connectivity index (χ1) is 11.0. The first kappa shape index (κ1) is 17.4. The number of nitrogens with zero attached hydrogens (tertiary/aromatic N) is 1. The first-order valence-corrected chi connectivity index (χ1v) is 8.58. The molecule has 0 aliphatic heterocycles. The average molecular weight is 393 g/mol. The molecule has 7 heteroatoms. The van der Waals surface area contributed by atoms with Crippen LogP contribution in [0.5, 0.6) is 5.75 Å². The van der Waals surface area contributed by atoms with E-state index in [1.54, 1.807) is 0 Å². The van der Waals surface area contributed by atoms with Crippen molar-refractivity contribution < 1.29 is 4.74 Å². The zero-order valence-electron chi connectivity index (χ0n) is 12.3. The van der Waals surface area contributed by atoms with Crippen LogP contribution in [-0.2, 0) is 12.4 Å². The van der Waals surface area contributed by atoms with E-state index in [0.29, 0.717) is 12.4 Å². The van der Waals surface area contributed by atoms with Crippen molar-refractivity contribution in [3.63, 3.8) is 0 Å². The molecule has 5 N–H and O–H groups in total. The fourth-order valence-corrected chi connectivity index (χ4v) is 2.89. The molecule has 2 rings (SSSR count). The molecule has 23 heavy (non-hydrogen) atoms. The second-order valence-corrected chi connectivity index (χ2v) is 6.57. The SMILES string of the molecule is N=C(N=C(N)N)SCc1ccc(OCc2cccc(Br)c2)cc1. The Morgan fingerprint density at radius 1 is 1.13 bits per heavy atom. The van der Waals surface area contributed by atoms with Crippen molar-refractivity contribution in [2.45, 2.75) is 12.4 Å². The molecule has 0 saturated carbocycles. The highest BCUT2D eigenvalue weighted by atomic mass is 79.9. The largest absolute Gasteiger partial charge is 0.489 e. The number of thioether (sulfide) groups is 1. The molecule has 2 aromatic rings. The Bertz CT molecular complexity index is 699. The molecule has 0 saturated heterocycles. The number of hydrogen-bond donors (Lipinski definition) is 3. The fraction of sp³-hybridized carbons (Fsp3) is 0.125. The van der Waals surface area contributed by atoms with Gasteiger partial charge < -0.3 is 16.2 Å². The molecule has 0 spiro atoms. The average Bonchev–Trinajstić information content (AvgIpc) is 2.51. The Morgan fingerprint density at radius 2 is 1.87 bits per heavy atom. The van der Waals surface area contributed by atoms with Gasteiger partial charge in [0.05, 0.1) is 0 Å². The number of nitrogens with one attached hydrogen (secondary N) is 1. The lowest BCUT2D eigenvalue weighted by Gasteiger charge is -2.07. The number of rotatable bonds is 5. The van der Waals surface area contributed by atoms with E-state index >= 15 is 0 Å². The van der Waals surface area contributed by atoms with Crippen LogP contribution < -0.4 is 16.2 Å². The lowest BCUT2D eigenvalue weighted by atomic mass is 10.2. The quantitative estimate of drug-likeness (QED) is 0.535. The van der Waals surface area contributed by atoms with Gasteiger partial charge in [-0.05, 0) is 35.4 Å². The van der Waals surface area contributed by atoms with Crippen LogP contribution in [0.25, 0.3) is 0 Å². The van der Waals surface area contributed by atoms with Crippen LogP contribution in [0.2, 0.25) is 0 Å². The molecule has 120 valence electrons. The predicted molar refractivity (Wildman–Crippen MR) is 99.7 cm³/mol. The Kier molecular flexibility index (Phi) is 6.49. The van der Waals surface area contributed by atoms with Crippen LogP contribution in [0.3, 0.4) is 0 Å². The third-order valence-corrected chi connectivity index (χ3v) is 4.16. The summed E-state index contributed by atoms with van der Waals surface area (Å²) in [7, 11) is 0. The summed E-state index contributed by atoms with van der Waals surface area (Å²) < 4.78 is 6.79. The third kappa shape index (κ3) is 6.33. The monoisotopic (exact) mass is 392 g/mol. The molecule has 2 aromatic carbocycles. The number of ether oxygens (including phenoxy) is 1. The standard InChI is InChI=1S/C16H17BrN4OS/c17-13-3-1-2-12(8-13)9-22-14-6-4-11(5-7-14)10-23-16(20)21-15(18)19/h1-8H,9-10H2,(H5,18,19,20,21). The molecule has 0 amide bonds. The van der Waals surface area contributed by atoms with E-state index < -0.39 is 0 Å². The van der Waals surface area contributed by atoms with Crippen molar-refractivity contribution in [2.75, 3.05) is 0 Å². The summed E-state index contributed by atoms with van der Waals surface area (Å²) in [6.07, 6.45) is 0. The van der Waals surface area contributed by atoms with Crippen LogP contribution in [0.15, 0.2) is 58.0 Å². The minimum atomic E-state index is -0.0983. The zero-order valence-corrected chi connectivity index (χ0v) is 14.7. The zero-order chi connectivity index (χ0) is 16.7. The van der Waals surface area contributed by atoms with Gasteiger partial charge in [0.2, 0.25) is 0 Å². The normalized spacial score (nSPS) is 10.1. The molecule has 5 nitrogen and oxygen atoms in total. The van der Waals surface area contributed by atoms with E-state index in [2.05, 4.69) is 20.9 Å². The van der Waals surface area contributed by atoms with Crippen molar-refractivity contribution in [1.82, 2.24) is 0 Å². The molecule has 0 unspecified atom stereocenters. The van der Waals surface area contributed by atoms with Crippen LogP contribution in [0, 0.1) is 5.41 Å². The molecule has 0 fully saturated rings. The number of aliphatic imine (C=N–C) groups is 1. The maximum Gasteiger partial charge on any atom is 0.193 e. The van der Waals surface area contributed by atoms with Gasteiger partial charge in [-0.15, -0.1) is 0 Å². The number of amidine groups is 1. The van der Waals surface area contributed by atoms with Gasteiger partial charge in [0.1, 0.15) is 12.4 Å². The minimum absolute atomic E-state index is 0.0972. The van der Waals surface area contributed by atoms with E-state index in [1.165, 1.54) is 11.8 Å². The third-order valence-electron chi connectivity index (χ3n) is 2.82. The van der Waals surface area contributed by atoms with Gasteiger partial charge in [-0.25, -0.2) is 0 Å². The molecule has 0 heterocycles. The molecule has 0 atom stereocenters. The lowest BCUT2D eigenvalue weighted by molar-refractivity contribution is 0.306. The van der Waals surface area contributed by atoms with Crippen LogP contribution in [0.1, 0.15) is 11.1 Å². The summed E-state index contributed by atoms with van der Waals surface area (Å²) in [6.45, 7) is 0.517. The van der Waals surface area contributed by atoms with Crippen molar-refractivity contribution in [1.29, 1.82) is 5.41 Å². The van der Waals surface area contributed by atoms with Gasteiger partial charge in [0.15, 0.2) is 11.1 Å². The maximum absolute atomic E-state index is 7.58. The Balaban J connectivity index is 1.84. The summed E-state index contributed by atoms with van der Waals surface area (Å²) in [5.41, 5.74) is 12.6. The maximum atomic E-state index is 7.58. The number of halogens is 1. The smallest absolute Gasteiger partial charge is 0.193 e. The van der Waals surface area contributed by atoms with Gasteiger partial charge in [-0.3, -0.25) is 5.41 Å². The lowest BCUT2D eigenvalue weighted by Crippen LogP contribution is -2.23. The number of nitrogens with two attached hydrogens (primary N) is 2. The highest BCUT2D eigenvalue weighted by Crippen LogP contribution is 2.19. The van der Waals surface area contributed by atoms with E-state index in [0.717, 1.165) is 21.3 Å². The molecule has 0 aromatic heterocycles. The van der Waals surface area contributed by atoms with Crippen molar-refractivity contribution in [3.05, 3.63) is 64.1 Å². The van der Waals surface area contributed by atoms with Gasteiger partial charge in [-0.1, -0.05) is 52.0 Å². The summed E-state index contributed by atoms with van der Waals surface area (Å²) in [6, 6.07) is 15.8. The van der Waals surface area contributed by atoms with Crippen molar-refractivity contribution >= 4 is 38.8 Å². The number of guanidine groups is 1. The second-order valence-electron chi connectivity index (χ2n) is 4.69. The molecule has 0 bridgehead atoms. The van der Waals surface area contributed by atoms with Crippen molar-refractivity contribution in [2.24, 2.45) is 16.5 Å². The topological polar surface area (TPSA) is 97.5 Å². The molecule has 0 aliphatic rings. The van der Waals surface area contributed by atoms with E-state index in [-0.39, 0.29) is 11.1 Å². The van der Waals surface area contributed by atoms with Gasteiger partial charge >= 0.3 is 0 Å². The summed E-state index contributed by atoms with van der Waals surface area (Å²) in [5.74, 6) is 1.33. The van der Waals surface area contributed by atoms with Crippen LogP contribution in [-0.4, -0.2) is 11.1 Å². The van der Waals surface area contributed by atoms with E-state index in [1.807, 2.05) is 48.5 Å². The number of benzene rings is 2. The minimum Gasteiger partial charge on any atom is -0.489 e. The molecule has 0 aliphatic carbocycles. The van der Waals surface area contributed by atoms with Crippen LogP contribution in [0.4, 0.5) is 0 Å². The molecule has 0 radical (unpaired) electrons. The van der Waals surface area contributed by atoms with Gasteiger partial charge in [0.25, 0.3) is 0 Å². The second kappa shape index (κ2) is 8.59. The van der Waals surface area contributed by atoms with Crippen LogP contribution >= 0.6 is 27.7 Å². The van der Waals surface area contributed by atoms with E-state index in [4.69, 9.17) is 21.6 Å². The van der Waals surface area contributed by atoms with Crippen molar-refractivity contribution in [3.8, 4) is 5.75 Å². The van der Waals surface area contributed by atoms with Gasteiger partial charge in [-0.2, -0.15) is 4.99 Å². The highest BCUT2D eigenvalue weighted by molar-refractivity contribution is 9.10. The molecular weight excluding hydrogens is 376 g/mol. The predicted octanol–water partition coefficient (Wildman–Crippen LogP) is 3.47. The van der Waals surface area contributed by atoms with E-state index in [9.17, 15) is 0 Å². The Hall–Kier alpha value is -1.99. The Labute approximate surface area is 147 Å². The summed E-state index contributed by atoms with van der Waals surface area (Å²) >= 11 is 4.71. The van der Waals surface area contributed by atoms with Gasteiger partial charge in [0, 0.05) is 10.2 Å². The summed E-state index contributed by atoms with van der Waals surface area (Å²) in [5, 5.41) is 7.67. The number of hydrogen-bond acceptors (Lipinski definition) is 3. The molecular formula is C16H17BrN4OS. The fourth-order valence-electron chi connectivity index (χ4n) is 1.78. The Morgan fingerprint density at radius 3 is 2.52 bits per heavy atom. The first-order valence-electron chi connectivity index (χ1n) is 6.80. The highest BCUT2D eigenvalue weighted by Gasteiger charge is 2.01. The summed E-state index contributed by atoms with van der Waals surface area (Å²) in [4.78, 5) is 3.67.